The van der Waals surface area contributed by atoms with Gasteiger partial charge in [-0.15, -0.1) is 0 Å². The quantitative estimate of drug-likeness (QED) is 0.807. The second kappa shape index (κ2) is 8.12. The molecule has 2 rings (SSSR count). The van der Waals surface area contributed by atoms with E-state index in [0.717, 1.165) is 38.2 Å². The molecule has 1 aliphatic rings. The molecule has 0 spiro atoms. The van der Waals surface area contributed by atoms with Gasteiger partial charge in [0.25, 0.3) is 5.91 Å². The van der Waals surface area contributed by atoms with Crippen LogP contribution in [0.1, 0.15) is 22.8 Å². The van der Waals surface area contributed by atoms with E-state index in [1.165, 1.54) is 0 Å². The van der Waals surface area contributed by atoms with Gasteiger partial charge in [-0.05, 0) is 37.2 Å². The molecule has 1 saturated heterocycles. The summed E-state index contributed by atoms with van der Waals surface area (Å²) < 4.78 is 5.68. The van der Waals surface area contributed by atoms with Crippen LogP contribution in [0, 0.1) is 0 Å². The predicted molar refractivity (Wildman–Crippen MR) is 83.4 cm³/mol. The Morgan fingerprint density at radius 3 is 2.86 bits per heavy atom. The molecule has 1 heterocycles. The van der Waals surface area contributed by atoms with E-state index in [0.29, 0.717) is 18.7 Å². The summed E-state index contributed by atoms with van der Waals surface area (Å²) in [5.74, 6) is -0.0495. The smallest absolute Gasteiger partial charge is 0.251 e. The van der Waals surface area contributed by atoms with Crippen LogP contribution < -0.4 is 11.1 Å². The van der Waals surface area contributed by atoms with Crippen LogP contribution in [0.5, 0.6) is 0 Å². The molecule has 3 N–H and O–H groups in total. The third-order valence-electron chi connectivity index (χ3n) is 3.81. The van der Waals surface area contributed by atoms with Crippen molar-refractivity contribution in [2.24, 2.45) is 5.73 Å². The van der Waals surface area contributed by atoms with E-state index < -0.39 is 0 Å². The van der Waals surface area contributed by atoms with Crippen molar-refractivity contribution in [1.29, 1.82) is 0 Å². The molecule has 116 valence electrons. The maximum absolute atomic E-state index is 12.1. The largest absolute Gasteiger partial charge is 0.374 e. The molecule has 0 saturated carbocycles. The molecule has 0 bridgehead atoms. The molecule has 1 aliphatic heterocycles. The van der Waals surface area contributed by atoms with Crippen molar-refractivity contribution in [3.63, 3.8) is 0 Å². The standard InChI is InChI=1S/C16H25N3O2/c1-2-19-9-10-21-15(12-19)11-18-16(20)14-5-3-13(4-6-14)7-8-17/h3-6,15H,2,7-12,17H2,1H3,(H,18,20). The lowest BCUT2D eigenvalue weighted by atomic mass is 10.1. The number of morpholine rings is 1. The Kier molecular flexibility index (Phi) is 6.17. The lowest BCUT2D eigenvalue weighted by Crippen LogP contribution is -2.47. The molecule has 1 amide bonds. The summed E-state index contributed by atoms with van der Waals surface area (Å²) in [4.78, 5) is 14.4. The molecule has 0 radical (unpaired) electrons. The van der Waals surface area contributed by atoms with Crippen molar-refractivity contribution in [3.05, 3.63) is 35.4 Å². The first kappa shape index (κ1) is 15.9. The Bertz CT molecular complexity index is 447. The Hall–Kier alpha value is -1.43. The molecule has 1 atom stereocenters. The van der Waals surface area contributed by atoms with E-state index in [9.17, 15) is 4.79 Å². The number of hydrogen-bond acceptors (Lipinski definition) is 4. The number of nitrogens with zero attached hydrogens (tertiary/aromatic N) is 1. The average molecular weight is 291 g/mol. The lowest BCUT2D eigenvalue weighted by molar-refractivity contribution is -0.0246. The SMILES string of the molecule is CCN1CCOC(CNC(=O)c2ccc(CCN)cc2)C1. The summed E-state index contributed by atoms with van der Waals surface area (Å²) in [5.41, 5.74) is 7.35. The predicted octanol–water partition coefficient (Wildman–Crippen LogP) is 0.638. The van der Waals surface area contributed by atoms with Gasteiger partial charge < -0.3 is 15.8 Å². The number of carbonyl (C=O) groups is 1. The van der Waals surface area contributed by atoms with Crippen molar-refractivity contribution >= 4 is 5.91 Å². The highest BCUT2D eigenvalue weighted by molar-refractivity contribution is 5.94. The van der Waals surface area contributed by atoms with E-state index >= 15 is 0 Å². The van der Waals surface area contributed by atoms with Gasteiger partial charge in [0.05, 0.1) is 12.7 Å². The molecule has 1 fully saturated rings. The number of nitrogens with one attached hydrogen (secondary N) is 1. The Morgan fingerprint density at radius 1 is 1.43 bits per heavy atom. The van der Waals surface area contributed by atoms with E-state index in [1.54, 1.807) is 0 Å². The van der Waals surface area contributed by atoms with Crippen molar-refractivity contribution in [1.82, 2.24) is 10.2 Å². The van der Waals surface area contributed by atoms with Gasteiger partial charge in [0.15, 0.2) is 0 Å². The van der Waals surface area contributed by atoms with Gasteiger partial charge >= 0.3 is 0 Å². The molecule has 1 aromatic rings. The van der Waals surface area contributed by atoms with Crippen molar-refractivity contribution < 1.29 is 9.53 Å². The normalized spacial score (nSPS) is 19.4. The van der Waals surface area contributed by atoms with Gasteiger partial charge in [0, 0.05) is 25.2 Å². The Labute approximate surface area is 126 Å². The number of likely N-dealkylation sites (N-methyl/N-ethyl adjacent to an activating group) is 1. The highest BCUT2D eigenvalue weighted by Crippen LogP contribution is 2.06. The Morgan fingerprint density at radius 2 is 2.19 bits per heavy atom. The summed E-state index contributed by atoms with van der Waals surface area (Å²) in [5, 5.41) is 2.95. The second-order valence-corrected chi connectivity index (χ2v) is 5.33. The number of ether oxygens (including phenoxy) is 1. The van der Waals surface area contributed by atoms with Crippen LogP contribution in [-0.2, 0) is 11.2 Å². The van der Waals surface area contributed by atoms with Gasteiger partial charge in [0.2, 0.25) is 0 Å². The topological polar surface area (TPSA) is 67.6 Å². The fourth-order valence-electron chi connectivity index (χ4n) is 2.49. The summed E-state index contributed by atoms with van der Waals surface area (Å²) in [6.45, 7) is 6.94. The van der Waals surface area contributed by atoms with E-state index in [4.69, 9.17) is 10.5 Å². The fourth-order valence-corrected chi connectivity index (χ4v) is 2.49. The minimum absolute atomic E-state index is 0.0495. The molecular weight excluding hydrogens is 266 g/mol. The van der Waals surface area contributed by atoms with Crippen LogP contribution in [0.4, 0.5) is 0 Å². The third-order valence-corrected chi connectivity index (χ3v) is 3.81. The number of carbonyl (C=O) groups excluding carboxylic acids is 1. The lowest BCUT2D eigenvalue weighted by Gasteiger charge is -2.32. The van der Waals surface area contributed by atoms with Crippen LogP contribution in [0.15, 0.2) is 24.3 Å². The molecule has 0 aliphatic carbocycles. The number of amides is 1. The van der Waals surface area contributed by atoms with Gasteiger partial charge in [-0.3, -0.25) is 9.69 Å². The fraction of sp³-hybridized carbons (Fsp3) is 0.562. The van der Waals surface area contributed by atoms with Crippen LogP contribution in [0.2, 0.25) is 0 Å². The van der Waals surface area contributed by atoms with Crippen LogP contribution >= 0.6 is 0 Å². The summed E-state index contributed by atoms with van der Waals surface area (Å²) in [6.07, 6.45) is 0.921. The van der Waals surface area contributed by atoms with Crippen LogP contribution in [0.25, 0.3) is 0 Å². The molecular formula is C16H25N3O2. The monoisotopic (exact) mass is 291 g/mol. The highest BCUT2D eigenvalue weighted by atomic mass is 16.5. The zero-order valence-electron chi connectivity index (χ0n) is 12.7. The van der Waals surface area contributed by atoms with E-state index in [2.05, 4.69) is 17.1 Å². The molecule has 5 nitrogen and oxygen atoms in total. The van der Waals surface area contributed by atoms with Crippen LogP contribution in [-0.4, -0.2) is 56.2 Å². The number of hydrogen-bond donors (Lipinski definition) is 2. The van der Waals surface area contributed by atoms with Crippen molar-refractivity contribution in [3.8, 4) is 0 Å². The average Bonchev–Trinajstić information content (AvgIpc) is 2.54. The minimum Gasteiger partial charge on any atom is -0.374 e. The first-order valence-electron chi connectivity index (χ1n) is 7.64. The maximum Gasteiger partial charge on any atom is 0.251 e. The number of nitrogens with two attached hydrogens (primary N) is 1. The second-order valence-electron chi connectivity index (χ2n) is 5.33. The molecule has 5 heteroatoms. The first-order valence-corrected chi connectivity index (χ1v) is 7.64. The summed E-state index contributed by atoms with van der Waals surface area (Å²) >= 11 is 0. The minimum atomic E-state index is -0.0495. The van der Waals surface area contributed by atoms with Crippen molar-refractivity contribution in [2.45, 2.75) is 19.4 Å². The van der Waals surface area contributed by atoms with E-state index in [1.807, 2.05) is 24.3 Å². The van der Waals surface area contributed by atoms with Gasteiger partial charge in [0.1, 0.15) is 0 Å². The zero-order chi connectivity index (χ0) is 15.1. The maximum atomic E-state index is 12.1. The molecule has 21 heavy (non-hydrogen) atoms. The van der Waals surface area contributed by atoms with Gasteiger partial charge in [-0.25, -0.2) is 0 Å². The number of rotatable bonds is 6. The molecule has 0 aromatic heterocycles. The van der Waals surface area contributed by atoms with Gasteiger partial charge in [-0.2, -0.15) is 0 Å². The third kappa shape index (κ3) is 4.81. The molecule has 1 aromatic carbocycles. The van der Waals surface area contributed by atoms with Crippen LogP contribution in [0.3, 0.4) is 0 Å². The van der Waals surface area contributed by atoms with Gasteiger partial charge in [-0.1, -0.05) is 19.1 Å². The first-order chi connectivity index (χ1) is 10.2. The summed E-state index contributed by atoms with van der Waals surface area (Å²) in [6, 6.07) is 7.61. The zero-order valence-corrected chi connectivity index (χ0v) is 12.7. The number of benzene rings is 1. The molecule has 1 unspecified atom stereocenters. The van der Waals surface area contributed by atoms with Crippen molar-refractivity contribution in [2.75, 3.05) is 39.3 Å². The summed E-state index contributed by atoms with van der Waals surface area (Å²) in [7, 11) is 0. The Balaban J connectivity index is 1.81. The highest BCUT2D eigenvalue weighted by Gasteiger charge is 2.19. The van der Waals surface area contributed by atoms with E-state index in [-0.39, 0.29) is 12.0 Å².